The summed E-state index contributed by atoms with van der Waals surface area (Å²) in [5.41, 5.74) is 0.438. The molecule has 0 atom stereocenters. The number of furan rings is 1. The number of hydrogen-bond acceptors (Lipinski definition) is 2. The van der Waals surface area contributed by atoms with Crippen LogP contribution in [0.2, 0.25) is 0 Å². The smallest absolute Gasteiger partial charge is 0.150 e. The van der Waals surface area contributed by atoms with Crippen LogP contribution in [0.3, 0.4) is 0 Å². The van der Waals surface area contributed by atoms with E-state index in [1.54, 1.807) is 6.07 Å². The lowest BCUT2D eigenvalue weighted by molar-refractivity contribution is 0.517. The van der Waals surface area contributed by atoms with Crippen molar-refractivity contribution in [2.45, 2.75) is 13.3 Å². The Bertz CT molecular complexity index is 516. The van der Waals surface area contributed by atoms with Gasteiger partial charge in [0.25, 0.3) is 0 Å². The molecule has 5 heteroatoms. The van der Waals surface area contributed by atoms with Crippen LogP contribution in [-0.2, 0) is 6.42 Å². The highest BCUT2D eigenvalue weighted by Gasteiger charge is 2.13. The van der Waals surface area contributed by atoms with Crippen LogP contribution in [0.15, 0.2) is 28.9 Å². The van der Waals surface area contributed by atoms with E-state index in [-0.39, 0.29) is 5.69 Å². The lowest BCUT2D eigenvalue weighted by Gasteiger charge is -2.08. The summed E-state index contributed by atoms with van der Waals surface area (Å²) in [7, 11) is 0. The van der Waals surface area contributed by atoms with E-state index in [0.29, 0.717) is 21.4 Å². The second-order valence-corrected chi connectivity index (χ2v) is 4.73. The maximum absolute atomic E-state index is 13.6. The maximum atomic E-state index is 13.6. The van der Waals surface area contributed by atoms with Crippen LogP contribution < -0.4 is 5.32 Å². The maximum Gasteiger partial charge on any atom is 0.150 e. The summed E-state index contributed by atoms with van der Waals surface area (Å²) in [6.45, 7) is 1.91. The van der Waals surface area contributed by atoms with E-state index >= 15 is 0 Å². The zero-order chi connectivity index (χ0) is 12.4. The first-order chi connectivity index (χ1) is 8.11. The van der Waals surface area contributed by atoms with Crippen LogP contribution in [0.25, 0.3) is 0 Å². The molecule has 90 valence electrons. The second kappa shape index (κ2) is 5.03. The van der Waals surface area contributed by atoms with Crippen LogP contribution in [-0.4, -0.2) is 0 Å². The van der Waals surface area contributed by atoms with Crippen LogP contribution in [0, 0.1) is 15.2 Å². The summed E-state index contributed by atoms with van der Waals surface area (Å²) in [4.78, 5) is 0. The molecule has 1 heterocycles. The van der Waals surface area contributed by atoms with Crippen molar-refractivity contribution in [2.75, 3.05) is 5.32 Å². The van der Waals surface area contributed by atoms with Gasteiger partial charge in [0.1, 0.15) is 11.4 Å². The Morgan fingerprint density at radius 3 is 2.53 bits per heavy atom. The van der Waals surface area contributed by atoms with E-state index in [4.69, 9.17) is 4.42 Å². The van der Waals surface area contributed by atoms with E-state index in [1.165, 1.54) is 18.4 Å². The Morgan fingerprint density at radius 1 is 1.29 bits per heavy atom. The molecule has 0 aliphatic rings. The van der Waals surface area contributed by atoms with Crippen molar-refractivity contribution >= 4 is 34.0 Å². The summed E-state index contributed by atoms with van der Waals surface area (Å²) in [6.07, 6.45) is 2.15. The molecule has 2 nitrogen and oxygen atoms in total. The van der Waals surface area contributed by atoms with Gasteiger partial charge >= 0.3 is 0 Å². The fourth-order valence-corrected chi connectivity index (χ4v) is 2.07. The predicted octanol–water partition coefficient (Wildman–Crippen LogP) is 4.47. The van der Waals surface area contributed by atoms with Crippen molar-refractivity contribution in [2.24, 2.45) is 0 Å². The summed E-state index contributed by atoms with van der Waals surface area (Å²) < 4.78 is 32.9. The molecular formula is C12H10F2INO. The number of rotatable bonds is 3. The van der Waals surface area contributed by atoms with Gasteiger partial charge in [-0.05, 0) is 34.7 Å². The minimum absolute atomic E-state index is 0.151. The fraction of sp³-hybridized carbons (Fsp3) is 0.167. The Balaban J connectivity index is 2.36. The number of hydrogen-bond donors (Lipinski definition) is 1. The van der Waals surface area contributed by atoms with Crippen molar-refractivity contribution in [1.82, 2.24) is 0 Å². The summed E-state index contributed by atoms with van der Waals surface area (Å²) in [5, 5.41) is 2.72. The molecule has 1 N–H and O–H groups in total. The van der Waals surface area contributed by atoms with Crippen LogP contribution in [0.1, 0.15) is 12.7 Å². The number of halogens is 3. The third-order valence-corrected chi connectivity index (χ3v) is 2.96. The van der Waals surface area contributed by atoms with Gasteiger partial charge < -0.3 is 9.73 Å². The Morgan fingerprint density at radius 2 is 1.94 bits per heavy atom. The third kappa shape index (κ3) is 2.59. The van der Waals surface area contributed by atoms with Gasteiger partial charge in [-0.3, -0.25) is 0 Å². The Labute approximate surface area is 111 Å². The normalized spacial score (nSPS) is 10.6. The van der Waals surface area contributed by atoms with Gasteiger partial charge in [0.05, 0.1) is 12.0 Å². The summed E-state index contributed by atoms with van der Waals surface area (Å²) in [6, 6.07) is 4.20. The zero-order valence-corrected chi connectivity index (χ0v) is 11.2. The molecule has 0 aliphatic carbocycles. The number of benzene rings is 1. The molecule has 0 spiro atoms. The number of anilines is 2. The molecule has 0 aliphatic heterocycles. The molecule has 2 aromatic rings. The second-order valence-electron chi connectivity index (χ2n) is 3.48. The molecule has 0 bridgehead atoms. The first-order valence-corrected chi connectivity index (χ1v) is 6.17. The number of aryl methyl sites for hydroxylation is 1. The highest BCUT2D eigenvalue weighted by Crippen LogP contribution is 2.28. The standard InChI is InChI=1S/C12H10F2INO/c1-2-11-10(3-4-17-11)16-12-8(13)5-7(15)6-9(12)14/h3-6,16H,2H2,1H3. The Hall–Kier alpha value is -1.11. The van der Waals surface area contributed by atoms with E-state index in [2.05, 4.69) is 5.32 Å². The van der Waals surface area contributed by atoms with Crippen molar-refractivity contribution in [3.8, 4) is 0 Å². The molecule has 0 amide bonds. The van der Waals surface area contributed by atoms with Gasteiger partial charge in [0.2, 0.25) is 0 Å². The van der Waals surface area contributed by atoms with Crippen molar-refractivity contribution in [3.05, 3.63) is 45.4 Å². The molecule has 0 saturated carbocycles. The highest BCUT2D eigenvalue weighted by atomic mass is 127. The quantitative estimate of drug-likeness (QED) is 0.828. The minimum Gasteiger partial charge on any atom is -0.467 e. The van der Waals surface area contributed by atoms with Gasteiger partial charge in [0.15, 0.2) is 11.6 Å². The van der Waals surface area contributed by atoms with E-state index in [9.17, 15) is 8.78 Å². The Kier molecular flexibility index (Phi) is 3.66. The average Bonchev–Trinajstić information content (AvgIpc) is 2.70. The SMILES string of the molecule is CCc1occc1Nc1c(F)cc(I)cc1F. The summed E-state index contributed by atoms with van der Waals surface area (Å²) in [5.74, 6) is -0.558. The van der Waals surface area contributed by atoms with Crippen LogP contribution in [0.4, 0.5) is 20.2 Å². The number of nitrogens with one attached hydrogen (secondary N) is 1. The van der Waals surface area contributed by atoms with Gasteiger partial charge in [0, 0.05) is 16.1 Å². The molecule has 1 aromatic heterocycles. The highest BCUT2D eigenvalue weighted by molar-refractivity contribution is 14.1. The van der Waals surface area contributed by atoms with Crippen LogP contribution >= 0.6 is 22.6 Å². The van der Waals surface area contributed by atoms with E-state index in [0.717, 1.165) is 0 Å². The van der Waals surface area contributed by atoms with E-state index < -0.39 is 11.6 Å². The first kappa shape index (κ1) is 12.3. The van der Waals surface area contributed by atoms with Crippen molar-refractivity contribution in [3.63, 3.8) is 0 Å². The van der Waals surface area contributed by atoms with Gasteiger partial charge in [-0.1, -0.05) is 6.92 Å². The zero-order valence-electron chi connectivity index (χ0n) is 9.06. The molecule has 0 radical (unpaired) electrons. The average molecular weight is 349 g/mol. The molecule has 17 heavy (non-hydrogen) atoms. The molecule has 1 aromatic carbocycles. The lowest BCUT2D eigenvalue weighted by atomic mass is 10.2. The molecule has 0 fully saturated rings. The third-order valence-electron chi connectivity index (χ3n) is 2.33. The fourth-order valence-electron chi connectivity index (χ4n) is 1.52. The lowest BCUT2D eigenvalue weighted by Crippen LogP contribution is -1.99. The molecule has 0 unspecified atom stereocenters. The molecule has 0 saturated heterocycles. The summed E-state index contributed by atoms with van der Waals surface area (Å²) >= 11 is 1.87. The van der Waals surface area contributed by atoms with Crippen molar-refractivity contribution < 1.29 is 13.2 Å². The first-order valence-electron chi connectivity index (χ1n) is 5.09. The van der Waals surface area contributed by atoms with E-state index in [1.807, 2.05) is 29.5 Å². The van der Waals surface area contributed by atoms with Crippen LogP contribution in [0.5, 0.6) is 0 Å². The van der Waals surface area contributed by atoms with Gasteiger partial charge in [-0.25, -0.2) is 8.78 Å². The molecule has 2 rings (SSSR count). The topological polar surface area (TPSA) is 25.2 Å². The molecular weight excluding hydrogens is 339 g/mol. The van der Waals surface area contributed by atoms with Crippen molar-refractivity contribution in [1.29, 1.82) is 0 Å². The predicted molar refractivity (Wildman–Crippen MR) is 70.4 cm³/mol. The van der Waals surface area contributed by atoms with Gasteiger partial charge in [-0.15, -0.1) is 0 Å². The largest absolute Gasteiger partial charge is 0.467 e. The van der Waals surface area contributed by atoms with Gasteiger partial charge in [-0.2, -0.15) is 0 Å². The minimum atomic E-state index is -0.613. The monoisotopic (exact) mass is 349 g/mol.